The minimum Gasteiger partial charge on any atom is -0.258 e. The van der Waals surface area contributed by atoms with E-state index in [0.717, 1.165) is 6.16 Å². The van der Waals surface area contributed by atoms with Crippen LogP contribution in [0.5, 0.6) is 0 Å². The van der Waals surface area contributed by atoms with E-state index in [0.29, 0.717) is 0 Å². The van der Waals surface area contributed by atoms with Gasteiger partial charge in [-0.25, -0.2) is 0 Å². The predicted octanol–water partition coefficient (Wildman–Crippen LogP) is 3.62. The molecule has 0 radical (unpaired) electrons. The Labute approximate surface area is 91.4 Å². The van der Waals surface area contributed by atoms with Crippen LogP contribution in [0.25, 0.3) is 0 Å². The quantitative estimate of drug-likeness (QED) is 0.436. The second kappa shape index (κ2) is 5.82. The molecule has 0 unspecified atom stereocenters. The van der Waals surface area contributed by atoms with Crippen LogP contribution in [0, 0.1) is 10.1 Å². The van der Waals surface area contributed by atoms with Gasteiger partial charge in [-0.1, -0.05) is 26.0 Å². The standard InChI is InChI=1S/C11H16NO2P/c1-3-15(4-2)9-10-5-7-11(8-6-10)12(13)14/h5-8H,3-4,9H2,1-2H3. The zero-order valence-corrected chi connectivity index (χ0v) is 10.0. The fraction of sp³-hybridized carbons (Fsp3) is 0.455. The molecule has 0 saturated heterocycles. The highest BCUT2D eigenvalue weighted by Crippen LogP contribution is 2.38. The molecule has 0 aliphatic heterocycles. The molecule has 4 heteroatoms. The highest BCUT2D eigenvalue weighted by atomic mass is 31.1. The molecule has 0 spiro atoms. The molecule has 0 aromatic heterocycles. The molecule has 1 aromatic carbocycles. The number of nitro benzene ring substituents is 1. The highest BCUT2D eigenvalue weighted by Gasteiger charge is 2.07. The largest absolute Gasteiger partial charge is 0.269 e. The van der Waals surface area contributed by atoms with E-state index < -0.39 is 0 Å². The van der Waals surface area contributed by atoms with Gasteiger partial charge in [-0.2, -0.15) is 0 Å². The Kier molecular flexibility index (Phi) is 4.70. The lowest BCUT2D eigenvalue weighted by Gasteiger charge is -2.12. The molecule has 0 N–H and O–H groups in total. The van der Waals surface area contributed by atoms with Crippen molar-refractivity contribution in [1.82, 2.24) is 0 Å². The van der Waals surface area contributed by atoms with Gasteiger partial charge >= 0.3 is 0 Å². The second-order valence-corrected chi connectivity index (χ2v) is 6.31. The van der Waals surface area contributed by atoms with Crippen molar-refractivity contribution in [2.75, 3.05) is 12.3 Å². The summed E-state index contributed by atoms with van der Waals surface area (Å²) in [6.07, 6.45) is 3.53. The van der Waals surface area contributed by atoms with Crippen molar-refractivity contribution < 1.29 is 4.92 Å². The first-order valence-corrected chi connectivity index (χ1v) is 7.02. The third-order valence-electron chi connectivity index (χ3n) is 2.45. The van der Waals surface area contributed by atoms with E-state index in [4.69, 9.17) is 0 Å². The van der Waals surface area contributed by atoms with Gasteiger partial charge in [0.05, 0.1) is 4.92 Å². The van der Waals surface area contributed by atoms with E-state index in [2.05, 4.69) is 13.8 Å². The van der Waals surface area contributed by atoms with E-state index >= 15 is 0 Å². The van der Waals surface area contributed by atoms with Crippen LogP contribution >= 0.6 is 7.92 Å². The van der Waals surface area contributed by atoms with Crippen molar-refractivity contribution in [2.24, 2.45) is 0 Å². The maximum absolute atomic E-state index is 10.5. The number of hydrogen-bond donors (Lipinski definition) is 0. The van der Waals surface area contributed by atoms with Crippen LogP contribution in [0.3, 0.4) is 0 Å². The Bertz CT molecular complexity index is 320. The molecule has 0 fully saturated rings. The van der Waals surface area contributed by atoms with Crippen molar-refractivity contribution in [2.45, 2.75) is 20.0 Å². The molecule has 82 valence electrons. The Morgan fingerprint density at radius 3 is 2.13 bits per heavy atom. The Morgan fingerprint density at radius 1 is 1.20 bits per heavy atom. The molecular weight excluding hydrogens is 209 g/mol. The minimum atomic E-state index is -0.355. The first kappa shape index (κ1) is 12.1. The summed E-state index contributed by atoms with van der Waals surface area (Å²) in [5, 5.41) is 10.5. The first-order valence-electron chi connectivity index (χ1n) is 5.13. The average Bonchev–Trinajstić information content (AvgIpc) is 2.26. The number of rotatable bonds is 5. The summed E-state index contributed by atoms with van der Waals surface area (Å²) in [5.41, 5.74) is 1.39. The molecule has 15 heavy (non-hydrogen) atoms. The second-order valence-electron chi connectivity index (χ2n) is 3.38. The Hall–Kier alpha value is -0.950. The van der Waals surface area contributed by atoms with E-state index in [1.807, 2.05) is 12.1 Å². The summed E-state index contributed by atoms with van der Waals surface area (Å²) in [5.74, 6) is 0. The molecular formula is C11H16NO2P. The monoisotopic (exact) mass is 225 g/mol. The van der Waals surface area contributed by atoms with Gasteiger partial charge in [0, 0.05) is 12.1 Å². The highest BCUT2D eigenvalue weighted by molar-refractivity contribution is 7.56. The van der Waals surface area contributed by atoms with Gasteiger partial charge in [-0.05, 0) is 24.0 Å². The predicted molar refractivity (Wildman–Crippen MR) is 64.8 cm³/mol. The van der Waals surface area contributed by atoms with E-state index in [9.17, 15) is 10.1 Å². The zero-order chi connectivity index (χ0) is 11.3. The fourth-order valence-corrected chi connectivity index (χ4v) is 3.05. The maximum atomic E-state index is 10.5. The average molecular weight is 225 g/mol. The number of non-ortho nitro benzene ring substituents is 1. The van der Waals surface area contributed by atoms with Gasteiger partial charge in [0.25, 0.3) is 5.69 Å². The van der Waals surface area contributed by atoms with Crippen molar-refractivity contribution in [1.29, 1.82) is 0 Å². The summed E-state index contributed by atoms with van der Waals surface area (Å²) >= 11 is 0. The van der Waals surface area contributed by atoms with Crippen LogP contribution < -0.4 is 0 Å². The summed E-state index contributed by atoms with van der Waals surface area (Å²) in [6.45, 7) is 4.42. The molecule has 0 amide bonds. The molecule has 0 heterocycles. The molecule has 3 nitrogen and oxygen atoms in total. The molecule has 0 atom stereocenters. The van der Waals surface area contributed by atoms with Crippen molar-refractivity contribution in [3.05, 3.63) is 39.9 Å². The van der Waals surface area contributed by atoms with E-state index in [1.54, 1.807) is 12.1 Å². The molecule has 1 aromatic rings. The van der Waals surface area contributed by atoms with E-state index in [-0.39, 0.29) is 18.5 Å². The summed E-state index contributed by atoms with van der Waals surface area (Å²) in [4.78, 5) is 10.1. The summed E-state index contributed by atoms with van der Waals surface area (Å²) < 4.78 is 0. The lowest BCUT2D eigenvalue weighted by molar-refractivity contribution is -0.384. The topological polar surface area (TPSA) is 43.1 Å². The number of benzene rings is 1. The van der Waals surface area contributed by atoms with Crippen molar-refractivity contribution >= 4 is 13.6 Å². The molecule has 1 rings (SSSR count). The lowest BCUT2D eigenvalue weighted by atomic mass is 10.2. The third kappa shape index (κ3) is 3.60. The zero-order valence-electron chi connectivity index (χ0n) is 9.14. The van der Waals surface area contributed by atoms with Crippen LogP contribution in [-0.4, -0.2) is 17.2 Å². The Morgan fingerprint density at radius 2 is 1.73 bits per heavy atom. The minimum absolute atomic E-state index is 0.0727. The number of nitrogens with zero attached hydrogens (tertiary/aromatic N) is 1. The maximum Gasteiger partial charge on any atom is 0.269 e. The van der Waals surface area contributed by atoms with Gasteiger partial charge < -0.3 is 0 Å². The molecule has 0 saturated carbocycles. The summed E-state index contributed by atoms with van der Waals surface area (Å²) in [7, 11) is 0.0727. The normalized spacial score (nSPS) is 10.6. The molecule has 0 bridgehead atoms. The van der Waals surface area contributed by atoms with Crippen LogP contribution in [0.4, 0.5) is 5.69 Å². The van der Waals surface area contributed by atoms with Gasteiger partial charge in [-0.3, -0.25) is 10.1 Å². The van der Waals surface area contributed by atoms with Crippen LogP contribution in [0.15, 0.2) is 24.3 Å². The smallest absolute Gasteiger partial charge is 0.258 e. The van der Waals surface area contributed by atoms with E-state index in [1.165, 1.54) is 17.9 Å². The van der Waals surface area contributed by atoms with Gasteiger partial charge in [0.2, 0.25) is 0 Å². The van der Waals surface area contributed by atoms with Crippen LogP contribution in [-0.2, 0) is 6.16 Å². The molecule has 0 aliphatic carbocycles. The fourth-order valence-electron chi connectivity index (χ4n) is 1.43. The van der Waals surface area contributed by atoms with Gasteiger partial charge in [0.1, 0.15) is 0 Å². The van der Waals surface area contributed by atoms with Crippen molar-refractivity contribution in [3.8, 4) is 0 Å². The first-order chi connectivity index (χ1) is 7.17. The third-order valence-corrected chi connectivity index (χ3v) is 5.05. The van der Waals surface area contributed by atoms with Crippen LogP contribution in [0.2, 0.25) is 0 Å². The Balaban J connectivity index is 2.67. The van der Waals surface area contributed by atoms with Gasteiger partial charge in [0.15, 0.2) is 0 Å². The lowest BCUT2D eigenvalue weighted by Crippen LogP contribution is -1.91. The number of nitro groups is 1. The van der Waals surface area contributed by atoms with Crippen molar-refractivity contribution in [3.63, 3.8) is 0 Å². The number of hydrogen-bond acceptors (Lipinski definition) is 2. The van der Waals surface area contributed by atoms with Gasteiger partial charge in [-0.15, -0.1) is 7.92 Å². The SMILES string of the molecule is CCP(CC)Cc1ccc([N+](=O)[O-])cc1. The molecule has 0 aliphatic rings. The summed E-state index contributed by atoms with van der Waals surface area (Å²) in [6, 6.07) is 6.93. The van der Waals surface area contributed by atoms with Crippen LogP contribution in [0.1, 0.15) is 19.4 Å².